The summed E-state index contributed by atoms with van der Waals surface area (Å²) in [5.41, 5.74) is 0.112. The summed E-state index contributed by atoms with van der Waals surface area (Å²) in [5, 5.41) is 2.77. The van der Waals surface area contributed by atoms with E-state index in [9.17, 15) is 22.8 Å². The second kappa shape index (κ2) is 9.45. The van der Waals surface area contributed by atoms with Gasteiger partial charge in [-0.05, 0) is 49.2 Å². The van der Waals surface area contributed by atoms with Gasteiger partial charge in [0.15, 0.2) is 0 Å². The Morgan fingerprint density at radius 3 is 2.41 bits per heavy atom. The number of halogens is 3. The normalized spacial score (nSPS) is 16.2. The molecule has 1 aliphatic heterocycles. The molecule has 0 bridgehead atoms. The zero-order valence-electron chi connectivity index (χ0n) is 15.7. The second-order valence-corrected chi connectivity index (χ2v) is 6.83. The van der Waals surface area contributed by atoms with E-state index in [0.717, 1.165) is 18.2 Å². The van der Waals surface area contributed by atoms with E-state index in [4.69, 9.17) is 4.74 Å². The molecule has 2 aromatic rings. The average Bonchev–Trinajstić information content (AvgIpc) is 3.07. The van der Waals surface area contributed by atoms with Crippen LogP contribution in [0.4, 0.5) is 18.9 Å². The summed E-state index contributed by atoms with van der Waals surface area (Å²) < 4.78 is 45.0. The second-order valence-electron chi connectivity index (χ2n) is 6.83. The zero-order valence-corrected chi connectivity index (χ0v) is 15.7. The molecule has 1 heterocycles. The van der Waals surface area contributed by atoms with Crippen LogP contribution in [-0.2, 0) is 9.59 Å². The smallest absolute Gasteiger partial charge is 0.227 e. The Kier molecular flexibility index (Phi) is 6.74. The molecular weight excluding hydrogens is 385 g/mol. The van der Waals surface area contributed by atoms with Gasteiger partial charge in [0, 0.05) is 31.3 Å². The summed E-state index contributed by atoms with van der Waals surface area (Å²) in [6.07, 6.45) is 1.36. The molecule has 154 valence electrons. The number of amides is 2. The molecular formula is C21H21F3N2O3. The van der Waals surface area contributed by atoms with Crippen molar-refractivity contribution in [3.05, 3.63) is 59.9 Å². The number of nitrogens with zero attached hydrogens (tertiary/aromatic N) is 1. The van der Waals surface area contributed by atoms with Crippen molar-refractivity contribution in [1.29, 1.82) is 0 Å². The molecule has 2 amide bonds. The van der Waals surface area contributed by atoms with Crippen LogP contribution >= 0.6 is 0 Å². The lowest BCUT2D eigenvalue weighted by Gasteiger charge is -2.17. The Morgan fingerprint density at radius 1 is 1.03 bits per heavy atom. The first kappa shape index (κ1) is 20.7. The first-order valence-electron chi connectivity index (χ1n) is 9.35. The van der Waals surface area contributed by atoms with Crippen molar-refractivity contribution in [3.63, 3.8) is 0 Å². The number of benzene rings is 2. The van der Waals surface area contributed by atoms with Crippen LogP contribution in [0.2, 0.25) is 0 Å². The number of carbonyl (C=O) groups excluding carboxylic acids is 2. The van der Waals surface area contributed by atoms with Crippen LogP contribution in [0.5, 0.6) is 5.75 Å². The minimum Gasteiger partial charge on any atom is -0.494 e. The number of carbonyl (C=O) groups is 2. The molecule has 1 atom stereocenters. The standard InChI is InChI=1S/C21H21F3N2O3/c22-15-3-5-19(6-4-15)29-8-2-1-7-25-21(28)14-9-20(27)26(13-14)18-11-16(23)10-17(24)12-18/h3-6,10-12,14H,1-2,7-9,13H2,(H,25,28). The predicted molar refractivity (Wildman–Crippen MR) is 101 cm³/mol. The van der Waals surface area contributed by atoms with Crippen molar-refractivity contribution in [2.24, 2.45) is 5.92 Å². The van der Waals surface area contributed by atoms with Crippen LogP contribution in [0.15, 0.2) is 42.5 Å². The van der Waals surface area contributed by atoms with Crippen molar-refractivity contribution < 1.29 is 27.5 Å². The Labute approximate surface area is 166 Å². The minimum atomic E-state index is -0.774. The van der Waals surface area contributed by atoms with Crippen molar-refractivity contribution in [3.8, 4) is 5.75 Å². The topological polar surface area (TPSA) is 58.6 Å². The number of ether oxygens (including phenoxy) is 1. The lowest BCUT2D eigenvalue weighted by Crippen LogP contribution is -2.33. The number of anilines is 1. The fourth-order valence-electron chi connectivity index (χ4n) is 3.13. The lowest BCUT2D eigenvalue weighted by molar-refractivity contribution is -0.126. The molecule has 2 aromatic carbocycles. The summed E-state index contributed by atoms with van der Waals surface area (Å²) in [7, 11) is 0. The summed E-state index contributed by atoms with van der Waals surface area (Å²) >= 11 is 0. The van der Waals surface area contributed by atoms with Crippen LogP contribution in [0.1, 0.15) is 19.3 Å². The van der Waals surface area contributed by atoms with Gasteiger partial charge in [-0.1, -0.05) is 0 Å². The molecule has 1 saturated heterocycles. The maximum absolute atomic E-state index is 13.4. The van der Waals surface area contributed by atoms with Crippen LogP contribution in [0.3, 0.4) is 0 Å². The minimum absolute atomic E-state index is 0.00234. The molecule has 1 N–H and O–H groups in total. The Morgan fingerprint density at radius 2 is 1.72 bits per heavy atom. The molecule has 3 rings (SSSR count). The number of nitrogens with one attached hydrogen (secondary N) is 1. The Bertz CT molecular complexity index is 854. The highest BCUT2D eigenvalue weighted by molar-refractivity contribution is 6.00. The summed E-state index contributed by atoms with van der Waals surface area (Å²) in [4.78, 5) is 25.7. The van der Waals surface area contributed by atoms with E-state index in [1.807, 2.05) is 0 Å². The third-order valence-corrected chi connectivity index (χ3v) is 4.61. The highest BCUT2D eigenvalue weighted by Gasteiger charge is 2.35. The molecule has 0 radical (unpaired) electrons. The van der Waals surface area contributed by atoms with Crippen LogP contribution in [0.25, 0.3) is 0 Å². The van der Waals surface area contributed by atoms with E-state index in [2.05, 4.69) is 5.32 Å². The van der Waals surface area contributed by atoms with Crippen LogP contribution in [-0.4, -0.2) is 31.5 Å². The van der Waals surface area contributed by atoms with E-state index in [1.165, 1.54) is 17.0 Å². The highest BCUT2D eigenvalue weighted by atomic mass is 19.1. The molecule has 29 heavy (non-hydrogen) atoms. The van der Waals surface area contributed by atoms with Gasteiger partial charge in [0.1, 0.15) is 23.2 Å². The Balaban J connectivity index is 1.38. The highest BCUT2D eigenvalue weighted by Crippen LogP contribution is 2.26. The van der Waals surface area contributed by atoms with Gasteiger partial charge in [-0.2, -0.15) is 0 Å². The number of unbranched alkanes of at least 4 members (excludes halogenated alkanes) is 1. The molecule has 0 saturated carbocycles. The van der Waals surface area contributed by atoms with Crippen molar-refractivity contribution in [2.45, 2.75) is 19.3 Å². The number of hydrogen-bond acceptors (Lipinski definition) is 3. The van der Waals surface area contributed by atoms with Gasteiger partial charge in [0.05, 0.1) is 12.5 Å². The van der Waals surface area contributed by atoms with Crippen LogP contribution in [0, 0.1) is 23.4 Å². The molecule has 1 unspecified atom stereocenters. The van der Waals surface area contributed by atoms with E-state index in [-0.39, 0.29) is 36.3 Å². The maximum Gasteiger partial charge on any atom is 0.227 e. The third kappa shape index (κ3) is 5.73. The van der Waals surface area contributed by atoms with Gasteiger partial charge in [-0.3, -0.25) is 9.59 Å². The Hall–Kier alpha value is -3.03. The van der Waals surface area contributed by atoms with Gasteiger partial charge in [-0.15, -0.1) is 0 Å². The lowest BCUT2D eigenvalue weighted by atomic mass is 10.1. The molecule has 0 spiro atoms. The number of hydrogen-bond donors (Lipinski definition) is 1. The van der Waals surface area contributed by atoms with Crippen molar-refractivity contribution in [2.75, 3.05) is 24.6 Å². The summed E-state index contributed by atoms with van der Waals surface area (Å²) in [6, 6.07) is 8.60. The zero-order chi connectivity index (χ0) is 20.8. The average molecular weight is 406 g/mol. The van der Waals surface area contributed by atoms with Gasteiger partial charge >= 0.3 is 0 Å². The SMILES string of the molecule is O=C(NCCCCOc1ccc(F)cc1)C1CC(=O)N(c2cc(F)cc(F)c2)C1. The fourth-order valence-corrected chi connectivity index (χ4v) is 3.13. The monoisotopic (exact) mass is 406 g/mol. The van der Waals surface area contributed by atoms with E-state index in [1.54, 1.807) is 12.1 Å². The van der Waals surface area contributed by atoms with Gasteiger partial charge in [-0.25, -0.2) is 13.2 Å². The molecule has 1 aliphatic rings. The first-order valence-corrected chi connectivity index (χ1v) is 9.35. The van der Waals surface area contributed by atoms with Gasteiger partial charge in [0.25, 0.3) is 0 Å². The molecule has 0 aliphatic carbocycles. The van der Waals surface area contributed by atoms with Crippen molar-refractivity contribution in [1.82, 2.24) is 5.32 Å². The van der Waals surface area contributed by atoms with Gasteiger partial charge < -0.3 is 15.0 Å². The van der Waals surface area contributed by atoms with E-state index >= 15 is 0 Å². The quantitative estimate of drug-likeness (QED) is 0.684. The fraction of sp³-hybridized carbons (Fsp3) is 0.333. The number of rotatable bonds is 8. The van der Waals surface area contributed by atoms with Crippen LogP contribution < -0.4 is 15.0 Å². The summed E-state index contributed by atoms with van der Waals surface area (Å²) in [6.45, 7) is 0.939. The molecule has 5 nitrogen and oxygen atoms in total. The van der Waals surface area contributed by atoms with E-state index in [0.29, 0.717) is 31.7 Å². The molecule has 1 fully saturated rings. The molecule has 0 aromatic heterocycles. The van der Waals surface area contributed by atoms with Crippen molar-refractivity contribution >= 4 is 17.5 Å². The third-order valence-electron chi connectivity index (χ3n) is 4.61. The van der Waals surface area contributed by atoms with E-state index < -0.39 is 17.6 Å². The van der Waals surface area contributed by atoms with Gasteiger partial charge in [0.2, 0.25) is 11.8 Å². The molecule has 8 heteroatoms. The predicted octanol–water partition coefficient (Wildman–Crippen LogP) is 3.43. The first-order chi connectivity index (χ1) is 13.9. The maximum atomic E-state index is 13.4. The summed E-state index contributed by atoms with van der Waals surface area (Å²) in [5.74, 6) is -2.48. The largest absolute Gasteiger partial charge is 0.494 e.